The minimum absolute atomic E-state index is 0.00992. The molecule has 1 amide bonds. The smallest absolute Gasteiger partial charge is 0.216 e. The molecule has 19 heavy (non-hydrogen) atoms. The molecular formula is C16H15NOS. The van der Waals surface area contributed by atoms with Gasteiger partial charge in [0, 0.05) is 24.8 Å². The second-order valence-electron chi connectivity index (χ2n) is 4.06. The molecule has 2 aromatic rings. The number of amides is 1. The van der Waals surface area contributed by atoms with Crippen LogP contribution in [0.5, 0.6) is 0 Å². The summed E-state index contributed by atoms with van der Waals surface area (Å²) in [7, 11) is 0. The number of rotatable bonds is 3. The molecule has 0 aliphatic heterocycles. The minimum atomic E-state index is -0.00992. The maximum atomic E-state index is 10.7. The zero-order chi connectivity index (χ0) is 13.5. The second-order valence-corrected chi connectivity index (χ2v) is 5.15. The van der Waals surface area contributed by atoms with Gasteiger partial charge in [-0.05, 0) is 17.7 Å². The monoisotopic (exact) mass is 269 g/mol. The molecule has 0 aliphatic carbocycles. The molecule has 0 aliphatic rings. The van der Waals surface area contributed by atoms with E-state index in [0.29, 0.717) is 13.0 Å². The molecule has 2 nitrogen and oxygen atoms in total. The Bertz CT molecular complexity index is 604. The maximum absolute atomic E-state index is 10.7. The highest BCUT2D eigenvalue weighted by atomic mass is 32.1. The number of benzene rings is 1. The zero-order valence-corrected chi connectivity index (χ0v) is 11.6. The van der Waals surface area contributed by atoms with Crippen molar-refractivity contribution in [3.8, 4) is 22.3 Å². The molecule has 2 rings (SSSR count). The Hall–Kier alpha value is -2.05. The summed E-state index contributed by atoms with van der Waals surface area (Å²) in [5.74, 6) is 6.18. The highest BCUT2D eigenvalue weighted by Crippen LogP contribution is 2.27. The van der Waals surface area contributed by atoms with Crippen LogP contribution in [0.4, 0.5) is 0 Å². The van der Waals surface area contributed by atoms with Gasteiger partial charge >= 0.3 is 0 Å². The summed E-state index contributed by atoms with van der Waals surface area (Å²) in [5.41, 5.74) is 1.22. The molecule has 1 heterocycles. The third kappa shape index (κ3) is 4.27. The van der Waals surface area contributed by atoms with Crippen molar-refractivity contribution in [2.75, 3.05) is 6.54 Å². The molecule has 96 valence electrons. The fourth-order valence-electron chi connectivity index (χ4n) is 1.61. The van der Waals surface area contributed by atoms with Crippen molar-refractivity contribution >= 4 is 17.2 Å². The van der Waals surface area contributed by atoms with E-state index < -0.39 is 0 Å². The SMILES string of the molecule is CC(=O)NCCC#Cc1ccc(-c2ccccc2)s1. The fourth-order valence-corrected chi connectivity index (χ4v) is 2.50. The van der Waals surface area contributed by atoms with Gasteiger partial charge in [0.15, 0.2) is 0 Å². The molecule has 0 atom stereocenters. The van der Waals surface area contributed by atoms with Crippen LogP contribution in [0.25, 0.3) is 10.4 Å². The molecule has 3 heteroatoms. The zero-order valence-electron chi connectivity index (χ0n) is 10.8. The molecule has 1 aromatic carbocycles. The second kappa shape index (κ2) is 6.77. The molecule has 0 spiro atoms. The predicted molar refractivity (Wildman–Crippen MR) is 79.9 cm³/mol. The van der Waals surface area contributed by atoms with Crippen molar-refractivity contribution < 1.29 is 4.79 Å². The molecule has 0 unspecified atom stereocenters. The molecule has 1 N–H and O–H groups in total. The summed E-state index contributed by atoms with van der Waals surface area (Å²) in [6.07, 6.45) is 0.679. The highest BCUT2D eigenvalue weighted by Gasteiger charge is 1.99. The van der Waals surface area contributed by atoms with E-state index in [9.17, 15) is 4.79 Å². The summed E-state index contributed by atoms with van der Waals surface area (Å²) >= 11 is 1.69. The van der Waals surface area contributed by atoms with E-state index in [0.717, 1.165) is 4.88 Å². The van der Waals surface area contributed by atoms with Gasteiger partial charge in [0.1, 0.15) is 0 Å². The Kier molecular flexibility index (Phi) is 4.77. The van der Waals surface area contributed by atoms with Gasteiger partial charge in [-0.25, -0.2) is 0 Å². The van der Waals surface area contributed by atoms with Crippen LogP contribution in [-0.4, -0.2) is 12.5 Å². The lowest BCUT2D eigenvalue weighted by Gasteiger charge is -1.94. The summed E-state index contributed by atoms with van der Waals surface area (Å²) in [5, 5.41) is 2.72. The van der Waals surface area contributed by atoms with Crippen LogP contribution in [0.3, 0.4) is 0 Å². The number of thiophene rings is 1. The quantitative estimate of drug-likeness (QED) is 0.672. The van der Waals surface area contributed by atoms with E-state index in [4.69, 9.17) is 0 Å². The third-order valence-corrected chi connectivity index (χ3v) is 3.55. The highest BCUT2D eigenvalue weighted by molar-refractivity contribution is 7.16. The predicted octanol–water partition coefficient (Wildman–Crippen LogP) is 3.29. The van der Waals surface area contributed by atoms with Crippen LogP contribution in [0.15, 0.2) is 42.5 Å². The van der Waals surface area contributed by atoms with Gasteiger partial charge in [-0.3, -0.25) is 4.79 Å². The molecule has 0 bridgehead atoms. The normalized spacial score (nSPS) is 9.53. The van der Waals surface area contributed by atoms with Gasteiger partial charge in [0.2, 0.25) is 5.91 Å². The average Bonchev–Trinajstić information content (AvgIpc) is 2.88. The minimum Gasteiger partial charge on any atom is -0.355 e. The first-order chi connectivity index (χ1) is 9.25. The molecular weight excluding hydrogens is 254 g/mol. The molecule has 0 saturated carbocycles. The van der Waals surface area contributed by atoms with Crippen LogP contribution in [0.1, 0.15) is 18.2 Å². The molecule has 0 radical (unpaired) electrons. The largest absolute Gasteiger partial charge is 0.355 e. The van der Waals surface area contributed by atoms with Crippen LogP contribution < -0.4 is 5.32 Å². The Morgan fingerprint density at radius 2 is 2.00 bits per heavy atom. The molecule has 1 aromatic heterocycles. The number of carbonyl (C=O) groups is 1. The lowest BCUT2D eigenvalue weighted by Crippen LogP contribution is -2.20. The molecule has 0 fully saturated rings. The number of carbonyl (C=O) groups excluding carboxylic acids is 1. The first-order valence-corrected chi connectivity index (χ1v) is 6.96. The van der Waals surface area contributed by atoms with Gasteiger partial charge in [-0.15, -0.1) is 11.3 Å². The standard InChI is InChI=1S/C16H15NOS/c1-13(18)17-12-6-5-9-15-10-11-16(19-15)14-7-3-2-4-8-14/h2-4,7-8,10-11H,6,12H2,1H3,(H,17,18). The van der Waals surface area contributed by atoms with Crippen molar-refractivity contribution in [3.05, 3.63) is 47.3 Å². The van der Waals surface area contributed by atoms with Crippen LogP contribution in [-0.2, 0) is 4.79 Å². The van der Waals surface area contributed by atoms with Crippen LogP contribution in [0.2, 0.25) is 0 Å². The molecule has 0 saturated heterocycles. The average molecular weight is 269 g/mol. The Morgan fingerprint density at radius 1 is 1.21 bits per heavy atom. The van der Waals surface area contributed by atoms with Gasteiger partial charge in [0.05, 0.1) is 4.88 Å². The Morgan fingerprint density at radius 3 is 2.74 bits per heavy atom. The summed E-state index contributed by atoms with van der Waals surface area (Å²) in [4.78, 5) is 13.0. The van der Waals surface area contributed by atoms with E-state index in [2.05, 4.69) is 35.4 Å². The first-order valence-electron chi connectivity index (χ1n) is 6.14. The number of hydrogen-bond donors (Lipinski definition) is 1. The van der Waals surface area contributed by atoms with E-state index in [-0.39, 0.29) is 5.91 Å². The lowest BCUT2D eigenvalue weighted by atomic mass is 10.2. The van der Waals surface area contributed by atoms with E-state index in [1.807, 2.05) is 24.3 Å². The van der Waals surface area contributed by atoms with Crippen LogP contribution in [0, 0.1) is 11.8 Å². The summed E-state index contributed by atoms with van der Waals surface area (Å²) in [6, 6.07) is 14.4. The van der Waals surface area contributed by atoms with Gasteiger partial charge in [-0.1, -0.05) is 42.2 Å². The van der Waals surface area contributed by atoms with Crippen LogP contribution >= 0.6 is 11.3 Å². The van der Waals surface area contributed by atoms with E-state index in [1.165, 1.54) is 17.4 Å². The number of nitrogens with one attached hydrogen (secondary N) is 1. The van der Waals surface area contributed by atoms with Crippen molar-refractivity contribution in [3.63, 3.8) is 0 Å². The van der Waals surface area contributed by atoms with Gasteiger partial charge in [-0.2, -0.15) is 0 Å². The topological polar surface area (TPSA) is 29.1 Å². The summed E-state index contributed by atoms with van der Waals surface area (Å²) in [6.45, 7) is 2.12. The van der Waals surface area contributed by atoms with Gasteiger partial charge in [0.25, 0.3) is 0 Å². The number of hydrogen-bond acceptors (Lipinski definition) is 2. The maximum Gasteiger partial charge on any atom is 0.216 e. The summed E-state index contributed by atoms with van der Waals surface area (Å²) < 4.78 is 0. The van der Waals surface area contributed by atoms with Crippen molar-refractivity contribution in [2.24, 2.45) is 0 Å². The Balaban J connectivity index is 1.95. The van der Waals surface area contributed by atoms with Gasteiger partial charge < -0.3 is 5.32 Å². The van der Waals surface area contributed by atoms with Crippen molar-refractivity contribution in [1.82, 2.24) is 5.32 Å². The van der Waals surface area contributed by atoms with E-state index >= 15 is 0 Å². The third-order valence-electron chi connectivity index (χ3n) is 2.50. The Labute approximate surface area is 117 Å². The fraction of sp³-hybridized carbons (Fsp3) is 0.188. The van der Waals surface area contributed by atoms with E-state index in [1.54, 1.807) is 11.3 Å². The van der Waals surface area contributed by atoms with Crippen molar-refractivity contribution in [2.45, 2.75) is 13.3 Å². The first kappa shape index (κ1) is 13.4. The lowest BCUT2D eigenvalue weighted by molar-refractivity contribution is -0.118. The van der Waals surface area contributed by atoms with Crippen molar-refractivity contribution in [1.29, 1.82) is 0 Å².